The van der Waals surface area contributed by atoms with Crippen LogP contribution in [0.3, 0.4) is 0 Å². The summed E-state index contributed by atoms with van der Waals surface area (Å²) < 4.78 is 5.23. The molecule has 0 aromatic rings. The molecule has 1 atom stereocenters. The molecule has 1 unspecified atom stereocenters. The van der Waals surface area contributed by atoms with Crippen molar-refractivity contribution in [3.63, 3.8) is 0 Å². The lowest BCUT2D eigenvalue weighted by Crippen LogP contribution is -2.14. The third-order valence-corrected chi connectivity index (χ3v) is 2.97. The summed E-state index contributed by atoms with van der Waals surface area (Å²) >= 11 is 0. The molecular formula is C13H24O2. The monoisotopic (exact) mass is 212 g/mol. The van der Waals surface area contributed by atoms with Gasteiger partial charge in [0.2, 0.25) is 0 Å². The molecule has 15 heavy (non-hydrogen) atoms. The number of hydrogen-bond acceptors (Lipinski definition) is 2. The Balaban J connectivity index is 2.07. The molecule has 1 N–H and O–H groups in total. The first-order valence-corrected chi connectivity index (χ1v) is 6.33. The van der Waals surface area contributed by atoms with E-state index in [1.165, 1.54) is 25.7 Å². The second-order valence-electron chi connectivity index (χ2n) is 4.39. The molecule has 0 aromatic heterocycles. The van der Waals surface area contributed by atoms with E-state index in [4.69, 9.17) is 4.74 Å². The van der Waals surface area contributed by atoms with Gasteiger partial charge in [0.05, 0.1) is 19.0 Å². The molecule has 0 fully saturated rings. The van der Waals surface area contributed by atoms with Crippen molar-refractivity contribution < 1.29 is 9.84 Å². The SMILES string of the molecule is CCCCCCCC(O)C1=COCCC1. The summed E-state index contributed by atoms with van der Waals surface area (Å²) in [6, 6.07) is 0. The molecule has 0 amide bonds. The predicted molar refractivity (Wildman–Crippen MR) is 62.7 cm³/mol. The van der Waals surface area contributed by atoms with Gasteiger partial charge in [-0.1, -0.05) is 39.0 Å². The molecule has 1 aliphatic rings. The Bertz CT molecular complexity index is 187. The molecule has 0 bridgehead atoms. The van der Waals surface area contributed by atoms with Crippen LogP contribution < -0.4 is 0 Å². The number of aliphatic hydroxyl groups is 1. The van der Waals surface area contributed by atoms with Gasteiger partial charge in [-0.15, -0.1) is 0 Å². The van der Waals surface area contributed by atoms with Gasteiger partial charge in [0.15, 0.2) is 0 Å². The second-order valence-corrected chi connectivity index (χ2v) is 4.39. The maximum atomic E-state index is 9.88. The highest BCUT2D eigenvalue weighted by Crippen LogP contribution is 2.19. The first kappa shape index (κ1) is 12.6. The Kier molecular flexibility index (Phi) is 6.49. The van der Waals surface area contributed by atoms with Crippen LogP contribution in [0.1, 0.15) is 58.3 Å². The molecule has 0 aromatic carbocycles. The van der Waals surface area contributed by atoms with E-state index >= 15 is 0 Å². The van der Waals surface area contributed by atoms with E-state index in [0.29, 0.717) is 0 Å². The van der Waals surface area contributed by atoms with Crippen molar-refractivity contribution in [2.45, 2.75) is 64.4 Å². The van der Waals surface area contributed by atoms with Crippen LogP contribution in [0.5, 0.6) is 0 Å². The van der Waals surface area contributed by atoms with Crippen LogP contribution in [-0.4, -0.2) is 17.8 Å². The minimum absolute atomic E-state index is 0.257. The Hall–Kier alpha value is -0.500. The molecule has 0 spiro atoms. The van der Waals surface area contributed by atoms with Gasteiger partial charge >= 0.3 is 0 Å². The van der Waals surface area contributed by atoms with Gasteiger partial charge in [0.1, 0.15) is 0 Å². The minimum Gasteiger partial charge on any atom is -0.501 e. The summed E-state index contributed by atoms with van der Waals surface area (Å²) in [5, 5.41) is 9.88. The van der Waals surface area contributed by atoms with E-state index in [9.17, 15) is 5.11 Å². The molecule has 0 saturated carbocycles. The molecule has 1 heterocycles. The fourth-order valence-corrected chi connectivity index (χ4v) is 1.96. The normalized spacial score (nSPS) is 18.1. The Morgan fingerprint density at radius 1 is 1.33 bits per heavy atom. The van der Waals surface area contributed by atoms with Crippen LogP contribution >= 0.6 is 0 Å². The van der Waals surface area contributed by atoms with Crippen molar-refractivity contribution in [2.24, 2.45) is 0 Å². The van der Waals surface area contributed by atoms with E-state index in [1.807, 2.05) is 0 Å². The highest BCUT2D eigenvalue weighted by atomic mass is 16.5. The van der Waals surface area contributed by atoms with Crippen LogP contribution in [0.2, 0.25) is 0 Å². The molecule has 2 heteroatoms. The minimum atomic E-state index is -0.257. The maximum Gasteiger partial charge on any atom is 0.0876 e. The van der Waals surface area contributed by atoms with Crippen LogP contribution in [0.15, 0.2) is 11.8 Å². The van der Waals surface area contributed by atoms with Gasteiger partial charge < -0.3 is 9.84 Å². The molecule has 1 aliphatic heterocycles. The van der Waals surface area contributed by atoms with Gasteiger partial charge in [-0.3, -0.25) is 0 Å². The van der Waals surface area contributed by atoms with Gasteiger partial charge in [-0.2, -0.15) is 0 Å². The highest BCUT2D eigenvalue weighted by molar-refractivity contribution is 5.06. The molecule has 2 nitrogen and oxygen atoms in total. The number of rotatable bonds is 7. The predicted octanol–water partition coefficient (Wildman–Crippen LogP) is 3.40. The van der Waals surface area contributed by atoms with Gasteiger partial charge in [-0.05, 0) is 24.8 Å². The lowest BCUT2D eigenvalue weighted by atomic mass is 9.99. The first-order valence-electron chi connectivity index (χ1n) is 6.33. The summed E-state index contributed by atoms with van der Waals surface area (Å²) in [6.45, 7) is 3.03. The summed E-state index contributed by atoms with van der Waals surface area (Å²) in [7, 11) is 0. The van der Waals surface area contributed by atoms with Crippen molar-refractivity contribution in [3.05, 3.63) is 11.8 Å². The van der Waals surface area contributed by atoms with Crippen LogP contribution in [0.4, 0.5) is 0 Å². The molecule has 1 rings (SSSR count). The third-order valence-electron chi connectivity index (χ3n) is 2.97. The maximum absolute atomic E-state index is 9.88. The van der Waals surface area contributed by atoms with E-state index in [-0.39, 0.29) is 6.10 Å². The van der Waals surface area contributed by atoms with Crippen LogP contribution in [0.25, 0.3) is 0 Å². The molecule has 88 valence electrons. The number of unbranched alkanes of at least 4 members (excludes halogenated alkanes) is 4. The van der Waals surface area contributed by atoms with Crippen LogP contribution in [-0.2, 0) is 4.74 Å². The fraction of sp³-hybridized carbons (Fsp3) is 0.846. The number of aliphatic hydroxyl groups excluding tert-OH is 1. The molecule has 0 aliphatic carbocycles. The van der Waals surface area contributed by atoms with Crippen LogP contribution in [0, 0.1) is 0 Å². The zero-order chi connectivity index (χ0) is 10.9. The first-order chi connectivity index (χ1) is 7.34. The largest absolute Gasteiger partial charge is 0.501 e. The molecular weight excluding hydrogens is 188 g/mol. The van der Waals surface area contributed by atoms with E-state index in [1.54, 1.807) is 6.26 Å². The highest BCUT2D eigenvalue weighted by Gasteiger charge is 2.13. The van der Waals surface area contributed by atoms with Gasteiger partial charge in [-0.25, -0.2) is 0 Å². The van der Waals surface area contributed by atoms with Crippen molar-refractivity contribution in [3.8, 4) is 0 Å². The summed E-state index contributed by atoms with van der Waals surface area (Å²) in [5.74, 6) is 0. The van der Waals surface area contributed by atoms with E-state index in [2.05, 4.69) is 6.92 Å². The average molecular weight is 212 g/mol. The third kappa shape index (κ3) is 5.22. The van der Waals surface area contributed by atoms with Crippen molar-refractivity contribution in [1.29, 1.82) is 0 Å². The Morgan fingerprint density at radius 3 is 2.80 bits per heavy atom. The molecule has 0 saturated heterocycles. The zero-order valence-electron chi connectivity index (χ0n) is 9.87. The summed E-state index contributed by atoms with van der Waals surface area (Å²) in [5.41, 5.74) is 1.09. The van der Waals surface area contributed by atoms with Crippen molar-refractivity contribution in [1.82, 2.24) is 0 Å². The fourth-order valence-electron chi connectivity index (χ4n) is 1.96. The lowest BCUT2D eigenvalue weighted by Gasteiger charge is -2.18. The number of ether oxygens (including phenoxy) is 1. The van der Waals surface area contributed by atoms with Crippen molar-refractivity contribution >= 4 is 0 Å². The second kappa shape index (κ2) is 7.75. The lowest BCUT2D eigenvalue weighted by molar-refractivity contribution is 0.160. The Labute approximate surface area is 93.3 Å². The summed E-state index contributed by atoms with van der Waals surface area (Å²) in [4.78, 5) is 0. The zero-order valence-corrected chi connectivity index (χ0v) is 9.87. The van der Waals surface area contributed by atoms with E-state index < -0.39 is 0 Å². The topological polar surface area (TPSA) is 29.5 Å². The Morgan fingerprint density at radius 2 is 2.13 bits per heavy atom. The average Bonchev–Trinajstić information content (AvgIpc) is 2.30. The van der Waals surface area contributed by atoms with Gasteiger partial charge in [0.25, 0.3) is 0 Å². The smallest absolute Gasteiger partial charge is 0.0876 e. The standard InChI is InChI=1S/C13H24O2/c1-2-3-4-5-6-9-13(14)12-8-7-10-15-11-12/h11,13-14H,2-10H2,1H3. The number of hydrogen-bond donors (Lipinski definition) is 1. The quantitative estimate of drug-likeness (QED) is 0.655. The van der Waals surface area contributed by atoms with Crippen molar-refractivity contribution in [2.75, 3.05) is 6.61 Å². The van der Waals surface area contributed by atoms with Gasteiger partial charge in [0, 0.05) is 0 Å². The summed E-state index contributed by atoms with van der Waals surface area (Å²) in [6.07, 6.45) is 10.8. The molecule has 0 radical (unpaired) electrons. The van der Waals surface area contributed by atoms with E-state index in [0.717, 1.165) is 37.9 Å².